The van der Waals surface area contributed by atoms with Crippen molar-refractivity contribution in [3.05, 3.63) is 24.0 Å². The quantitative estimate of drug-likeness (QED) is 0.776. The van der Waals surface area contributed by atoms with Crippen LogP contribution < -0.4 is 5.46 Å². The predicted octanol–water partition coefficient (Wildman–Crippen LogP) is 1.84. The summed E-state index contributed by atoms with van der Waals surface area (Å²) >= 11 is 0. The van der Waals surface area contributed by atoms with Gasteiger partial charge in [0.25, 0.3) is 0 Å². The smallest absolute Gasteiger partial charge is 0.399 e. The molecule has 0 spiro atoms. The fourth-order valence-corrected chi connectivity index (χ4v) is 1.89. The van der Waals surface area contributed by atoms with E-state index in [1.54, 1.807) is 6.20 Å². The minimum atomic E-state index is -0.373. The second kappa shape index (κ2) is 4.95. The van der Waals surface area contributed by atoms with E-state index in [0.29, 0.717) is 12.8 Å². The van der Waals surface area contributed by atoms with E-state index in [9.17, 15) is 0 Å². The lowest BCUT2D eigenvalue weighted by atomic mass is 9.80. The van der Waals surface area contributed by atoms with Gasteiger partial charge in [-0.3, -0.25) is 4.98 Å². The third-order valence-corrected chi connectivity index (χ3v) is 3.87. The molecule has 1 aliphatic rings. The van der Waals surface area contributed by atoms with E-state index in [2.05, 4.69) is 11.1 Å². The Morgan fingerprint density at radius 1 is 1.21 bits per heavy atom. The second-order valence-electron chi connectivity index (χ2n) is 5.83. The first-order chi connectivity index (χ1) is 8.86. The first-order valence-corrected chi connectivity index (χ1v) is 6.53. The van der Waals surface area contributed by atoms with Crippen molar-refractivity contribution in [2.45, 2.75) is 51.7 Å². The Balaban J connectivity index is 2.10. The fourth-order valence-electron chi connectivity index (χ4n) is 1.89. The number of hydrogen-bond donors (Lipinski definition) is 0. The average molecular weight is 258 g/mol. The van der Waals surface area contributed by atoms with Gasteiger partial charge in [0.15, 0.2) is 0 Å². The highest BCUT2D eigenvalue weighted by Gasteiger charge is 2.51. The molecule has 1 aromatic rings. The van der Waals surface area contributed by atoms with Crippen LogP contribution in [0.5, 0.6) is 0 Å². The third kappa shape index (κ3) is 2.80. The zero-order valence-electron chi connectivity index (χ0n) is 11.9. The van der Waals surface area contributed by atoms with Gasteiger partial charge in [-0.25, -0.2) is 0 Å². The Morgan fingerprint density at radius 2 is 1.84 bits per heavy atom. The Hall–Kier alpha value is -1.38. The number of nitriles is 1. The number of aromatic nitrogens is 1. The number of pyridine rings is 1. The molecule has 19 heavy (non-hydrogen) atoms. The molecule has 0 N–H and O–H groups in total. The van der Waals surface area contributed by atoms with Crippen LogP contribution in [-0.2, 0) is 15.7 Å². The number of aryl methyl sites for hydroxylation is 1. The molecule has 1 aromatic heterocycles. The van der Waals surface area contributed by atoms with Crippen LogP contribution in [0.15, 0.2) is 18.3 Å². The molecular weight excluding hydrogens is 239 g/mol. The van der Waals surface area contributed by atoms with E-state index in [0.717, 1.165) is 11.2 Å². The summed E-state index contributed by atoms with van der Waals surface area (Å²) in [5.74, 6) is 0. The lowest BCUT2D eigenvalue weighted by Gasteiger charge is -2.32. The Bertz CT molecular complexity index is 475. The molecule has 100 valence electrons. The topological polar surface area (TPSA) is 55.1 Å². The molecule has 1 fully saturated rings. The Kier molecular flexibility index (Phi) is 3.66. The summed E-state index contributed by atoms with van der Waals surface area (Å²) in [6.07, 6.45) is 2.94. The molecule has 0 amide bonds. The molecular formula is C14H19BN2O2. The second-order valence-corrected chi connectivity index (χ2v) is 5.83. The van der Waals surface area contributed by atoms with Crippen LogP contribution in [0.4, 0.5) is 0 Å². The maximum absolute atomic E-state index is 8.55. The van der Waals surface area contributed by atoms with Crippen molar-refractivity contribution in [1.82, 2.24) is 4.98 Å². The zero-order valence-corrected chi connectivity index (χ0v) is 11.9. The SMILES string of the molecule is CC1(C)OB(c2ccc(CCC#N)nc2)OC1(C)C. The molecule has 4 nitrogen and oxygen atoms in total. The number of hydrogen-bond acceptors (Lipinski definition) is 4. The maximum atomic E-state index is 8.55. The third-order valence-electron chi connectivity index (χ3n) is 3.87. The molecule has 5 heteroatoms. The van der Waals surface area contributed by atoms with Gasteiger partial charge in [0.2, 0.25) is 0 Å². The van der Waals surface area contributed by atoms with Gasteiger partial charge in [0.1, 0.15) is 0 Å². The van der Waals surface area contributed by atoms with E-state index in [1.165, 1.54) is 0 Å². The van der Waals surface area contributed by atoms with E-state index in [1.807, 2.05) is 39.8 Å². The van der Waals surface area contributed by atoms with E-state index >= 15 is 0 Å². The molecule has 0 aromatic carbocycles. The minimum absolute atomic E-state index is 0.336. The molecule has 0 aliphatic carbocycles. The van der Waals surface area contributed by atoms with Crippen LogP contribution in [0.3, 0.4) is 0 Å². The van der Waals surface area contributed by atoms with Gasteiger partial charge in [-0.2, -0.15) is 5.26 Å². The normalized spacial score (nSPS) is 20.3. The molecule has 2 heterocycles. The number of nitrogens with zero attached hydrogens (tertiary/aromatic N) is 2. The van der Waals surface area contributed by atoms with E-state index < -0.39 is 0 Å². The predicted molar refractivity (Wildman–Crippen MR) is 73.9 cm³/mol. The standard InChI is InChI=1S/C14H19BN2O2/c1-13(2)14(3,4)19-15(18-13)11-7-8-12(17-10-11)6-5-9-16/h7-8,10H,5-6H2,1-4H3. The highest BCUT2D eigenvalue weighted by Crippen LogP contribution is 2.36. The highest BCUT2D eigenvalue weighted by atomic mass is 16.7. The van der Waals surface area contributed by atoms with Crippen molar-refractivity contribution in [3.8, 4) is 6.07 Å². The molecule has 0 unspecified atom stereocenters. The first-order valence-electron chi connectivity index (χ1n) is 6.53. The van der Waals surface area contributed by atoms with Crippen LogP contribution in [0, 0.1) is 11.3 Å². The fraction of sp³-hybridized carbons (Fsp3) is 0.571. The van der Waals surface area contributed by atoms with E-state index in [-0.39, 0.29) is 18.3 Å². The number of rotatable bonds is 3. The molecule has 1 saturated heterocycles. The summed E-state index contributed by atoms with van der Waals surface area (Å²) in [6.45, 7) is 8.12. The van der Waals surface area contributed by atoms with Gasteiger partial charge in [-0.05, 0) is 33.8 Å². The van der Waals surface area contributed by atoms with Crippen LogP contribution in [0.1, 0.15) is 39.8 Å². The van der Waals surface area contributed by atoms with Crippen molar-refractivity contribution >= 4 is 12.6 Å². The van der Waals surface area contributed by atoms with Gasteiger partial charge in [0.05, 0.1) is 17.3 Å². The monoisotopic (exact) mass is 258 g/mol. The van der Waals surface area contributed by atoms with Crippen LogP contribution >= 0.6 is 0 Å². The molecule has 0 radical (unpaired) electrons. The van der Waals surface area contributed by atoms with Crippen LogP contribution in [0.2, 0.25) is 0 Å². The summed E-state index contributed by atoms with van der Waals surface area (Å²) < 4.78 is 11.9. The summed E-state index contributed by atoms with van der Waals surface area (Å²) in [7, 11) is -0.373. The van der Waals surface area contributed by atoms with Crippen LogP contribution in [0.25, 0.3) is 0 Å². The summed E-state index contributed by atoms with van der Waals surface area (Å²) in [4.78, 5) is 4.35. The summed E-state index contributed by atoms with van der Waals surface area (Å²) in [6, 6.07) is 6.01. The molecule has 1 aliphatic heterocycles. The van der Waals surface area contributed by atoms with Crippen molar-refractivity contribution in [2.75, 3.05) is 0 Å². The van der Waals surface area contributed by atoms with Crippen LogP contribution in [-0.4, -0.2) is 23.3 Å². The minimum Gasteiger partial charge on any atom is -0.399 e. The van der Waals surface area contributed by atoms with Gasteiger partial charge in [-0.15, -0.1) is 0 Å². The largest absolute Gasteiger partial charge is 0.496 e. The Morgan fingerprint density at radius 3 is 2.32 bits per heavy atom. The Labute approximate surface area is 114 Å². The van der Waals surface area contributed by atoms with Crippen molar-refractivity contribution < 1.29 is 9.31 Å². The highest BCUT2D eigenvalue weighted by molar-refractivity contribution is 6.62. The molecule has 0 atom stereocenters. The maximum Gasteiger partial charge on any atom is 0.496 e. The van der Waals surface area contributed by atoms with Gasteiger partial charge in [-0.1, -0.05) is 6.07 Å². The molecule has 0 bridgehead atoms. The van der Waals surface area contributed by atoms with Gasteiger partial charge < -0.3 is 9.31 Å². The summed E-state index contributed by atoms with van der Waals surface area (Å²) in [5.41, 5.74) is 1.16. The lowest BCUT2D eigenvalue weighted by molar-refractivity contribution is 0.00578. The first kappa shape index (κ1) is 14.0. The van der Waals surface area contributed by atoms with Crippen molar-refractivity contribution in [1.29, 1.82) is 5.26 Å². The van der Waals surface area contributed by atoms with Crippen molar-refractivity contribution in [3.63, 3.8) is 0 Å². The average Bonchev–Trinajstić information content (AvgIpc) is 2.56. The van der Waals surface area contributed by atoms with Gasteiger partial charge in [0, 0.05) is 30.2 Å². The van der Waals surface area contributed by atoms with Gasteiger partial charge >= 0.3 is 7.12 Å². The summed E-state index contributed by atoms with van der Waals surface area (Å²) in [5, 5.41) is 8.55. The molecule has 0 saturated carbocycles. The molecule has 2 rings (SSSR count). The van der Waals surface area contributed by atoms with E-state index in [4.69, 9.17) is 14.6 Å². The zero-order chi connectivity index (χ0) is 14.1. The van der Waals surface area contributed by atoms with Crippen molar-refractivity contribution in [2.24, 2.45) is 0 Å². The lowest BCUT2D eigenvalue weighted by Crippen LogP contribution is -2.41.